The van der Waals surface area contributed by atoms with E-state index in [4.69, 9.17) is 21.7 Å². The Bertz CT molecular complexity index is 756. The van der Waals surface area contributed by atoms with Crippen LogP contribution in [0.3, 0.4) is 0 Å². The first-order chi connectivity index (χ1) is 9.75. The number of rotatable bonds is 3. The Hall–Kier alpha value is -1.49. The van der Waals surface area contributed by atoms with Crippen molar-refractivity contribution < 1.29 is 9.47 Å². The minimum absolute atomic E-state index is 0.216. The number of nitrogens with one attached hydrogen (secondary N) is 1. The quantitative estimate of drug-likeness (QED) is 0.858. The lowest BCUT2D eigenvalue weighted by Crippen LogP contribution is -2.01. The van der Waals surface area contributed by atoms with Gasteiger partial charge in [-0.2, -0.15) is 0 Å². The van der Waals surface area contributed by atoms with Crippen LogP contribution in [-0.2, 0) is 0 Å². The van der Waals surface area contributed by atoms with Crippen molar-refractivity contribution in [3.8, 4) is 11.5 Å². The Morgan fingerprint density at radius 1 is 1.05 bits per heavy atom. The van der Waals surface area contributed by atoms with E-state index in [1.165, 1.54) is 0 Å². The molecule has 0 atom stereocenters. The molecule has 21 heavy (non-hydrogen) atoms. The number of hydrogen-bond acceptors (Lipinski definition) is 3. The number of benzene rings is 1. The van der Waals surface area contributed by atoms with E-state index in [1.807, 2.05) is 12.1 Å². The summed E-state index contributed by atoms with van der Waals surface area (Å²) in [5, 5.41) is 0. The maximum absolute atomic E-state index is 5.56. The van der Waals surface area contributed by atoms with Gasteiger partial charge in [-0.05, 0) is 23.0 Å². The second-order valence-corrected chi connectivity index (χ2v) is 7.26. The third-order valence-corrected chi connectivity index (χ3v) is 5.72. The Labute approximate surface area is 130 Å². The minimum Gasteiger partial charge on any atom is -0.493 e. The van der Waals surface area contributed by atoms with Crippen LogP contribution in [0.25, 0.3) is 11.0 Å². The molecule has 1 aliphatic rings. The van der Waals surface area contributed by atoms with Crippen molar-refractivity contribution in [3.63, 3.8) is 0 Å². The van der Waals surface area contributed by atoms with Crippen molar-refractivity contribution in [3.05, 3.63) is 16.9 Å². The molecule has 0 bridgehead atoms. The summed E-state index contributed by atoms with van der Waals surface area (Å²) in [5.41, 5.74) is 2.48. The number of fused-ring (bicyclic) bond motifs is 1. The first kappa shape index (κ1) is 14.4. The van der Waals surface area contributed by atoms with Gasteiger partial charge in [0, 0.05) is 18.2 Å². The monoisotopic (exact) mass is 306 g/mol. The fourth-order valence-corrected chi connectivity index (χ4v) is 3.83. The van der Waals surface area contributed by atoms with Crippen molar-refractivity contribution >= 4 is 23.3 Å². The zero-order valence-electron chi connectivity index (χ0n) is 13.4. The zero-order valence-corrected chi connectivity index (χ0v) is 14.2. The SMILES string of the molecule is COc1cc2[nH]c(=S)n(C3C(C)(C)C3(C)C)c2cc1OC. The van der Waals surface area contributed by atoms with E-state index in [-0.39, 0.29) is 10.8 Å². The summed E-state index contributed by atoms with van der Waals surface area (Å²) in [6.07, 6.45) is 0. The van der Waals surface area contributed by atoms with Gasteiger partial charge < -0.3 is 19.0 Å². The molecule has 3 rings (SSSR count). The molecule has 0 aliphatic heterocycles. The highest BCUT2D eigenvalue weighted by atomic mass is 32.1. The molecule has 1 aliphatic carbocycles. The summed E-state index contributed by atoms with van der Waals surface area (Å²) in [6, 6.07) is 4.33. The molecule has 0 unspecified atom stereocenters. The number of imidazole rings is 1. The van der Waals surface area contributed by atoms with E-state index in [1.54, 1.807) is 14.2 Å². The summed E-state index contributed by atoms with van der Waals surface area (Å²) >= 11 is 5.56. The Morgan fingerprint density at radius 3 is 2.05 bits per heavy atom. The summed E-state index contributed by atoms with van der Waals surface area (Å²) in [5.74, 6) is 1.44. The predicted molar refractivity (Wildman–Crippen MR) is 86.8 cm³/mol. The molecular formula is C16H22N2O2S. The molecular weight excluding hydrogens is 284 g/mol. The molecule has 0 spiro atoms. The molecule has 1 aromatic heterocycles. The standard InChI is InChI=1S/C16H22N2O2S/c1-15(2)13(16(15,3)4)18-10-8-12(20-6)11(19-5)7-9(10)17-14(18)21/h7-8,13H,1-6H3,(H,17,21). The molecule has 1 N–H and O–H groups in total. The van der Waals surface area contributed by atoms with Crippen LogP contribution in [0.2, 0.25) is 0 Å². The number of ether oxygens (including phenoxy) is 2. The second kappa shape index (κ2) is 4.26. The fraction of sp³-hybridized carbons (Fsp3) is 0.562. The van der Waals surface area contributed by atoms with E-state index < -0.39 is 0 Å². The van der Waals surface area contributed by atoms with Gasteiger partial charge in [0.1, 0.15) is 0 Å². The van der Waals surface area contributed by atoms with E-state index in [2.05, 4.69) is 37.2 Å². The van der Waals surface area contributed by atoms with Crippen LogP contribution in [0.4, 0.5) is 0 Å². The summed E-state index contributed by atoms with van der Waals surface area (Å²) in [7, 11) is 3.29. The van der Waals surface area contributed by atoms with Gasteiger partial charge in [-0.25, -0.2) is 0 Å². The molecule has 0 amide bonds. The lowest BCUT2D eigenvalue weighted by Gasteiger charge is -2.10. The Morgan fingerprint density at radius 2 is 1.57 bits per heavy atom. The first-order valence-electron chi connectivity index (χ1n) is 7.12. The van der Waals surface area contributed by atoms with Crippen molar-refractivity contribution in [1.82, 2.24) is 9.55 Å². The average Bonchev–Trinajstić information content (AvgIpc) is 2.68. The first-order valence-corrected chi connectivity index (χ1v) is 7.52. The number of H-pyrrole nitrogens is 1. The number of nitrogens with zero attached hydrogens (tertiary/aromatic N) is 1. The van der Waals surface area contributed by atoms with Gasteiger partial charge >= 0.3 is 0 Å². The average molecular weight is 306 g/mol. The Balaban J connectivity index is 2.26. The van der Waals surface area contributed by atoms with Crippen LogP contribution < -0.4 is 9.47 Å². The fourth-order valence-electron chi connectivity index (χ4n) is 3.52. The van der Waals surface area contributed by atoms with Crippen molar-refractivity contribution in [2.75, 3.05) is 14.2 Å². The molecule has 1 saturated carbocycles. The summed E-state index contributed by atoms with van der Waals surface area (Å²) in [6.45, 7) is 9.16. The third-order valence-electron chi connectivity index (χ3n) is 5.42. The zero-order chi connectivity index (χ0) is 15.6. The third kappa shape index (κ3) is 1.76. The van der Waals surface area contributed by atoms with Crippen molar-refractivity contribution in [1.29, 1.82) is 0 Å². The van der Waals surface area contributed by atoms with E-state index in [9.17, 15) is 0 Å². The van der Waals surface area contributed by atoms with Crippen LogP contribution in [0.1, 0.15) is 33.7 Å². The summed E-state index contributed by atoms with van der Waals surface area (Å²) < 4.78 is 13.8. The smallest absolute Gasteiger partial charge is 0.178 e. The topological polar surface area (TPSA) is 39.2 Å². The molecule has 1 aromatic carbocycles. The molecule has 1 heterocycles. The molecule has 0 radical (unpaired) electrons. The second-order valence-electron chi connectivity index (χ2n) is 6.87. The summed E-state index contributed by atoms with van der Waals surface area (Å²) in [4.78, 5) is 3.29. The highest BCUT2D eigenvalue weighted by Gasteiger charge is 2.66. The molecule has 114 valence electrons. The van der Waals surface area contributed by atoms with E-state index in [0.717, 1.165) is 21.6 Å². The van der Waals surface area contributed by atoms with E-state index in [0.29, 0.717) is 11.8 Å². The largest absolute Gasteiger partial charge is 0.493 e. The molecule has 0 saturated heterocycles. The number of aromatic nitrogens is 2. The number of methoxy groups -OCH3 is 2. The molecule has 2 aromatic rings. The Kier molecular flexibility index (Phi) is 2.93. The normalized spacial score (nSPS) is 19.7. The van der Waals surface area contributed by atoms with Gasteiger partial charge in [-0.3, -0.25) is 0 Å². The van der Waals surface area contributed by atoms with E-state index >= 15 is 0 Å². The van der Waals surface area contributed by atoms with Gasteiger partial charge in [0.25, 0.3) is 0 Å². The molecule has 1 fully saturated rings. The van der Waals surface area contributed by atoms with Crippen molar-refractivity contribution in [2.45, 2.75) is 33.7 Å². The maximum Gasteiger partial charge on any atom is 0.178 e. The van der Waals surface area contributed by atoms with Crippen LogP contribution in [0, 0.1) is 15.6 Å². The van der Waals surface area contributed by atoms with Crippen LogP contribution in [-0.4, -0.2) is 23.8 Å². The van der Waals surface area contributed by atoms with Gasteiger partial charge in [-0.1, -0.05) is 27.7 Å². The molecule has 5 heteroatoms. The lowest BCUT2D eigenvalue weighted by atomic mass is 10.0. The predicted octanol–water partition coefficient (Wildman–Crippen LogP) is 4.32. The van der Waals surface area contributed by atoms with Gasteiger partial charge in [0.2, 0.25) is 0 Å². The van der Waals surface area contributed by atoms with Gasteiger partial charge in [-0.15, -0.1) is 0 Å². The van der Waals surface area contributed by atoms with Crippen LogP contribution in [0.15, 0.2) is 12.1 Å². The van der Waals surface area contributed by atoms with Crippen LogP contribution >= 0.6 is 12.2 Å². The highest BCUT2D eigenvalue weighted by molar-refractivity contribution is 7.71. The minimum atomic E-state index is 0.216. The van der Waals surface area contributed by atoms with Crippen molar-refractivity contribution in [2.24, 2.45) is 10.8 Å². The van der Waals surface area contributed by atoms with Gasteiger partial charge in [0.05, 0.1) is 25.3 Å². The number of aromatic amines is 1. The lowest BCUT2D eigenvalue weighted by molar-refractivity contribution is 0.355. The van der Waals surface area contributed by atoms with Crippen LogP contribution in [0.5, 0.6) is 11.5 Å². The molecule has 4 nitrogen and oxygen atoms in total. The van der Waals surface area contributed by atoms with Gasteiger partial charge in [0.15, 0.2) is 16.3 Å². The number of hydrogen-bond donors (Lipinski definition) is 1. The maximum atomic E-state index is 5.56. The highest BCUT2D eigenvalue weighted by Crippen LogP contribution is 2.71.